The molecule has 0 saturated heterocycles. The minimum atomic E-state index is -0.727. The maximum absolute atomic E-state index is 12.4. The Hall–Kier alpha value is -3.99. The van der Waals surface area contributed by atoms with Gasteiger partial charge in [-0.1, -0.05) is 30.0 Å². The van der Waals surface area contributed by atoms with Crippen molar-refractivity contribution in [3.63, 3.8) is 0 Å². The van der Waals surface area contributed by atoms with Gasteiger partial charge in [0.25, 0.3) is 5.91 Å². The van der Waals surface area contributed by atoms with Gasteiger partial charge in [-0.3, -0.25) is 9.59 Å². The lowest BCUT2D eigenvalue weighted by Crippen LogP contribution is -2.21. The van der Waals surface area contributed by atoms with Gasteiger partial charge in [-0.25, -0.2) is 4.79 Å². The van der Waals surface area contributed by atoms with E-state index in [1.165, 1.54) is 0 Å². The quantitative estimate of drug-likeness (QED) is 0.368. The predicted molar refractivity (Wildman–Crippen MR) is 124 cm³/mol. The average Bonchev–Trinajstić information content (AvgIpc) is 3.30. The van der Waals surface area contributed by atoms with E-state index in [1.807, 2.05) is 6.07 Å². The van der Waals surface area contributed by atoms with Crippen molar-refractivity contribution < 1.29 is 24.2 Å². The van der Waals surface area contributed by atoms with E-state index in [0.717, 1.165) is 11.8 Å². The van der Waals surface area contributed by atoms with Gasteiger partial charge in [-0.05, 0) is 37.3 Å². The number of nitrogens with one attached hydrogen (secondary N) is 2. The van der Waals surface area contributed by atoms with E-state index < -0.39 is 17.1 Å². The molecule has 0 saturated carbocycles. The summed E-state index contributed by atoms with van der Waals surface area (Å²) in [6, 6.07) is 13.4. The Balaban J connectivity index is 1.34. The number of carbonyl (C=O) groups is 3. The van der Waals surface area contributed by atoms with Gasteiger partial charge in [-0.15, -0.1) is 10.2 Å². The maximum Gasteiger partial charge on any atom is 0.338 e. The zero-order valence-corrected chi connectivity index (χ0v) is 18.3. The summed E-state index contributed by atoms with van der Waals surface area (Å²) in [6.07, 6.45) is -0.107. The lowest BCUT2D eigenvalue weighted by atomic mass is 10.2. The van der Waals surface area contributed by atoms with Gasteiger partial charge in [0.1, 0.15) is 5.25 Å². The first-order valence-corrected chi connectivity index (χ1v) is 10.9. The number of aromatic hydroxyl groups is 1. The first-order valence-electron chi connectivity index (χ1n) is 10.0. The van der Waals surface area contributed by atoms with Gasteiger partial charge in [0.05, 0.1) is 17.7 Å². The summed E-state index contributed by atoms with van der Waals surface area (Å²) in [5.74, 6) is -1.44. The Labute approximate surface area is 192 Å². The number of carbonyl (C=O) groups excluding carboxylic acids is 3. The van der Waals surface area contributed by atoms with Crippen LogP contribution in [0.4, 0.5) is 11.4 Å². The monoisotopic (exact) mass is 465 g/mol. The van der Waals surface area contributed by atoms with Gasteiger partial charge in [0, 0.05) is 17.5 Å². The molecule has 1 aliphatic rings. The molecular weight excluding hydrogens is 446 g/mol. The number of amidine groups is 1. The molecular formula is C22H19N5O5S. The molecule has 0 unspecified atom stereocenters. The molecule has 33 heavy (non-hydrogen) atoms. The van der Waals surface area contributed by atoms with Crippen molar-refractivity contribution in [2.45, 2.75) is 18.6 Å². The number of ether oxygens (including phenoxy) is 1. The third-order valence-electron chi connectivity index (χ3n) is 4.67. The van der Waals surface area contributed by atoms with Gasteiger partial charge in [0.2, 0.25) is 17.0 Å². The fraction of sp³-hybridized carbons (Fsp3) is 0.182. The average molecular weight is 465 g/mol. The summed E-state index contributed by atoms with van der Waals surface area (Å²) < 4.78 is 4.92. The van der Waals surface area contributed by atoms with Crippen LogP contribution in [0.2, 0.25) is 0 Å². The third kappa shape index (κ3) is 5.09. The van der Waals surface area contributed by atoms with E-state index in [1.54, 1.807) is 49.4 Å². The van der Waals surface area contributed by atoms with Crippen molar-refractivity contribution >= 4 is 57.0 Å². The predicted octanol–water partition coefficient (Wildman–Crippen LogP) is 4.16. The molecule has 0 aliphatic carbocycles. The van der Waals surface area contributed by atoms with Crippen molar-refractivity contribution in [3.8, 4) is 5.88 Å². The van der Waals surface area contributed by atoms with Crippen molar-refractivity contribution in [2.24, 2.45) is 15.2 Å². The molecule has 4 rings (SSSR count). The van der Waals surface area contributed by atoms with Crippen LogP contribution >= 0.6 is 11.8 Å². The lowest BCUT2D eigenvalue weighted by molar-refractivity contribution is -0.121. The fourth-order valence-electron chi connectivity index (χ4n) is 3.14. The smallest absolute Gasteiger partial charge is 0.338 e. The summed E-state index contributed by atoms with van der Waals surface area (Å²) in [5.41, 5.74) is 1.81. The summed E-state index contributed by atoms with van der Waals surface area (Å²) in [6.45, 7) is 1.99. The Kier molecular flexibility index (Phi) is 6.50. The zero-order chi connectivity index (χ0) is 23.4. The number of hydrogen-bond acceptors (Lipinski definition) is 8. The van der Waals surface area contributed by atoms with Crippen molar-refractivity contribution in [2.75, 3.05) is 11.9 Å². The SMILES string of the molecule is CCOC(=O)c1ccc(NC(=O)C[C@H]2SC(N=Nc3c(O)[nH]c4ccccc34)=NC2=O)cc1. The van der Waals surface area contributed by atoms with Crippen molar-refractivity contribution in [1.82, 2.24) is 4.98 Å². The fourth-order valence-corrected chi connectivity index (χ4v) is 4.01. The van der Waals surface area contributed by atoms with Crippen LogP contribution in [0.1, 0.15) is 23.7 Å². The molecule has 1 aromatic heterocycles. The van der Waals surface area contributed by atoms with Crippen LogP contribution in [0.5, 0.6) is 5.88 Å². The highest BCUT2D eigenvalue weighted by Gasteiger charge is 2.31. The van der Waals surface area contributed by atoms with E-state index in [-0.39, 0.29) is 35.7 Å². The second kappa shape index (κ2) is 9.65. The van der Waals surface area contributed by atoms with Gasteiger partial charge in [0.15, 0.2) is 5.69 Å². The van der Waals surface area contributed by atoms with Gasteiger partial charge >= 0.3 is 5.97 Å². The molecule has 2 amide bonds. The van der Waals surface area contributed by atoms with Gasteiger partial charge < -0.3 is 20.1 Å². The number of aromatic amines is 1. The Morgan fingerprint density at radius 1 is 1.18 bits per heavy atom. The number of aliphatic imine (C=N–C) groups is 1. The number of H-pyrrole nitrogens is 1. The number of hydrogen-bond donors (Lipinski definition) is 3. The minimum absolute atomic E-state index is 0.107. The number of aromatic nitrogens is 1. The summed E-state index contributed by atoms with van der Waals surface area (Å²) in [5, 5.41) is 20.8. The van der Waals surface area contributed by atoms with Crippen LogP contribution in [0.3, 0.4) is 0 Å². The molecule has 0 bridgehead atoms. The Morgan fingerprint density at radius 2 is 1.94 bits per heavy atom. The Morgan fingerprint density at radius 3 is 2.70 bits per heavy atom. The number of anilines is 1. The second-order valence-electron chi connectivity index (χ2n) is 6.96. The van der Waals surface area contributed by atoms with Crippen LogP contribution in [0.15, 0.2) is 63.8 Å². The molecule has 2 heterocycles. The van der Waals surface area contributed by atoms with Crippen LogP contribution in [0, 0.1) is 0 Å². The molecule has 11 heteroatoms. The normalized spacial score (nSPS) is 15.7. The lowest BCUT2D eigenvalue weighted by Gasteiger charge is -2.08. The molecule has 0 spiro atoms. The third-order valence-corrected chi connectivity index (χ3v) is 5.71. The molecule has 1 atom stereocenters. The highest BCUT2D eigenvalue weighted by Crippen LogP contribution is 2.36. The molecule has 0 radical (unpaired) electrons. The largest absolute Gasteiger partial charge is 0.493 e. The van der Waals surface area contributed by atoms with Crippen LogP contribution in [-0.2, 0) is 14.3 Å². The first-order chi connectivity index (χ1) is 15.9. The highest BCUT2D eigenvalue weighted by molar-refractivity contribution is 8.15. The van der Waals surface area contributed by atoms with Crippen molar-refractivity contribution in [3.05, 3.63) is 54.1 Å². The second-order valence-corrected chi connectivity index (χ2v) is 8.13. The zero-order valence-electron chi connectivity index (χ0n) is 17.4. The van der Waals surface area contributed by atoms with E-state index in [2.05, 4.69) is 25.5 Å². The number of nitrogens with zero attached hydrogens (tertiary/aromatic N) is 3. The molecule has 168 valence electrons. The van der Waals surface area contributed by atoms with Crippen LogP contribution < -0.4 is 5.32 Å². The molecule has 0 fully saturated rings. The standard InChI is InChI=1S/C22H19N5O5S/c1-2-32-21(31)12-7-9-13(10-8-12)23-17(28)11-16-19(29)25-22(33-16)27-26-18-14-5-3-4-6-15(14)24-20(18)30/h3-10,16,24,30H,2,11H2,1H3,(H,23,28)/t16-/m1/s1. The van der Waals surface area contributed by atoms with E-state index in [0.29, 0.717) is 22.2 Å². The molecule has 1 aliphatic heterocycles. The topological polar surface area (TPSA) is 146 Å². The first kappa shape index (κ1) is 22.2. The highest BCUT2D eigenvalue weighted by atomic mass is 32.2. The molecule has 2 aromatic carbocycles. The number of para-hydroxylation sites is 1. The molecule has 3 N–H and O–H groups in total. The minimum Gasteiger partial charge on any atom is -0.493 e. The maximum atomic E-state index is 12.4. The van der Waals surface area contributed by atoms with Crippen LogP contribution in [-0.4, -0.2) is 44.9 Å². The number of fused-ring (bicyclic) bond motifs is 1. The van der Waals surface area contributed by atoms with Crippen molar-refractivity contribution in [1.29, 1.82) is 0 Å². The summed E-state index contributed by atoms with van der Waals surface area (Å²) in [4.78, 5) is 42.9. The number of azo groups is 1. The number of amides is 2. The van der Waals surface area contributed by atoms with E-state index >= 15 is 0 Å². The number of esters is 1. The summed E-state index contributed by atoms with van der Waals surface area (Å²) >= 11 is 1.03. The number of thioether (sulfide) groups is 1. The van der Waals surface area contributed by atoms with E-state index in [4.69, 9.17) is 4.74 Å². The summed E-state index contributed by atoms with van der Waals surface area (Å²) in [7, 11) is 0. The number of rotatable bonds is 6. The van der Waals surface area contributed by atoms with E-state index in [9.17, 15) is 19.5 Å². The van der Waals surface area contributed by atoms with Crippen LogP contribution in [0.25, 0.3) is 10.9 Å². The molecule has 3 aromatic rings. The van der Waals surface area contributed by atoms with Gasteiger partial charge in [-0.2, -0.15) is 4.99 Å². The Bertz CT molecular complexity index is 1280. The molecule has 10 nitrogen and oxygen atoms in total. The number of benzene rings is 2.